The second-order valence-corrected chi connectivity index (χ2v) is 5.61. The Bertz CT molecular complexity index is 827. The quantitative estimate of drug-likeness (QED) is 0.784. The molecule has 0 spiro atoms. The molecule has 0 saturated carbocycles. The fraction of sp³-hybridized carbons (Fsp3) is 0.273. The van der Waals surface area contributed by atoms with Gasteiger partial charge in [0.25, 0.3) is 0 Å². The van der Waals surface area contributed by atoms with E-state index in [0.717, 1.165) is 22.4 Å². The van der Waals surface area contributed by atoms with Gasteiger partial charge in [-0.3, -0.25) is 4.79 Å². The zero-order valence-electron chi connectivity index (χ0n) is 15.0. The average Bonchev–Trinajstić information content (AvgIpc) is 2.63. The highest BCUT2D eigenvalue weighted by Crippen LogP contribution is 2.26. The molecule has 2 aromatic rings. The minimum Gasteiger partial charge on any atom is -0.307 e. The summed E-state index contributed by atoms with van der Waals surface area (Å²) in [4.78, 5) is 25.6. The normalized spacial score (nSPS) is 11.4. The summed E-state index contributed by atoms with van der Waals surface area (Å²) in [7, 11) is 0. The first-order valence-corrected chi connectivity index (χ1v) is 8.64. The van der Waals surface area contributed by atoms with Crippen LogP contribution in [0.5, 0.6) is 0 Å². The van der Waals surface area contributed by atoms with E-state index in [2.05, 4.69) is 11.8 Å². The second-order valence-electron chi connectivity index (χ2n) is 5.61. The molecule has 0 fully saturated rings. The number of hydrogen-bond acceptors (Lipinski definition) is 2. The molecule has 0 aromatic heterocycles. The zero-order valence-corrected chi connectivity index (χ0v) is 15.0. The smallest absolute Gasteiger partial charge is 0.227 e. The third-order valence-electron chi connectivity index (χ3n) is 3.86. The second kappa shape index (κ2) is 8.84. The van der Waals surface area contributed by atoms with Crippen molar-refractivity contribution < 1.29 is 9.59 Å². The number of ketones is 1. The number of amides is 1. The first kappa shape index (κ1) is 18.5. The van der Waals surface area contributed by atoms with Gasteiger partial charge in [0.05, 0.1) is 12.2 Å². The van der Waals surface area contributed by atoms with Gasteiger partial charge < -0.3 is 9.69 Å². The maximum absolute atomic E-state index is 12.7. The van der Waals surface area contributed by atoms with Crippen LogP contribution in [-0.4, -0.2) is 11.7 Å². The van der Waals surface area contributed by atoms with Crippen molar-refractivity contribution in [3.05, 3.63) is 65.2 Å². The number of hydrogen-bond donors (Lipinski definition) is 0. The van der Waals surface area contributed by atoms with Gasteiger partial charge in [0.1, 0.15) is 5.78 Å². The lowest BCUT2D eigenvalue weighted by Gasteiger charge is -2.26. The fourth-order valence-corrected chi connectivity index (χ4v) is 2.63. The van der Waals surface area contributed by atoms with Crippen molar-refractivity contribution in [3.8, 4) is 11.8 Å². The zero-order chi connectivity index (χ0) is 18.2. The maximum Gasteiger partial charge on any atom is 0.227 e. The molecular weight excluding hydrogens is 310 g/mol. The summed E-state index contributed by atoms with van der Waals surface area (Å²) in [6, 6.07) is 15.5. The molecule has 1 aliphatic heterocycles. The van der Waals surface area contributed by atoms with Crippen LogP contribution in [0.2, 0.25) is 0 Å². The lowest BCUT2D eigenvalue weighted by atomic mass is 10.0. The highest BCUT2D eigenvalue weighted by molar-refractivity contribution is 5.96. The van der Waals surface area contributed by atoms with Crippen LogP contribution in [0.25, 0.3) is 0 Å². The predicted molar refractivity (Wildman–Crippen MR) is 101 cm³/mol. The number of anilines is 1. The molecule has 1 amide bonds. The van der Waals surface area contributed by atoms with E-state index < -0.39 is 0 Å². The minimum atomic E-state index is -0.0499. The molecule has 1 aliphatic rings. The SMILES string of the molecule is CC.CC(=O)CCC(=O)N1Cc2ccccc2C#Cc2ccccc21. The standard InChI is InChI=1S/C20H17NO2.C2H6/c1-15(22)10-13-20(23)21-14-18-8-3-2-6-16(18)11-12-17-7-4-5-9-19(17)21;1-2/h2-9H,10,13-14H2,1H3;1-2H3. The summed E-state index contributed by atoms with van der Waals surface area (Å²) in [5.41, 5.74) is 3.60. The van der Waals surface area contributed by atoms with E-state index in [1.165, 1.54) is 6.92 Å². The number of carbonyl (C=O) groups excluding carboxylic acids is 2. The lowest BCUT2D eigenvalue weighted by Crippen LogP contribution is -2.32. The number of fused-ring (bicyclic) bond motifs is 2. The summed E-state index contributed by atoms with van der Waals surface area (Å²) in [6.07, 6.45) is 0.490. The van der Waals surface area contributed by atoms with Crippen molar-refractivity contribution in [3.63, 3.8) is 0 Å². The Labute approximate surface area is 149 Å². The van der Waals surface area contributed by atoms with Crippen molar-refractivity contribution >= 4 is 17.4 Å². The molecule has 1 heterocycles. The number of rotatable bonds is 3. The Morgan fingerprint density at radius 2 is 1.52 bits per heavy atom. The number of nitrogens with zero attached hydrogens (tertiary/aromatic N) is 1. The van der Waals surface area contributed by atoms with E-state index in [1.807, 2.05) is 62.4 Å². The van der Waals surface area contributed by atoms with Gasteiger partial charge >= 0.3 is 0 Å². The van der Waals surface area contributed by atoms with Crippen LogP contribution in [0.4, 0.5) is 5.69 Å². The van der Waals surface area contributed by atoms with Crippen LogP contribution in [0.3, 0.4) is 0 Å². The van der Waals surface area contributed by atoms with E-state index in [4.69, 9.17) is 0 Å². The van der Waals surface area contributed by atoms with Crippen molar-refractivity contribution in [2.45, 2.75) is 40.2 Å². The first-order valence-electron chi connectivity index (χ1n) is 8.64. The van der Waals surface area contributed by atoms with Crippen LogP contribution in [0.1, 0.15) is 50.3 Å². The third-order valence-corrected chi connectivity index (χ3v) is 3.86. The highest BCUT2D eigenvalue weighted by atomic mass is 16.2. The molecule has 25 heavy (non-hydrogen) atoms. The van der Waals surface area contributed by atoms with E-state index in [-0.39, 0.29) is 24.5 Å². The Morgan fingerprint density at radius 3 is 2.24 bits per heavy atom. The van der Waals surface area contributed by atoms with E-state index in [9.17, 15) is 9.59 Å². The van der Waals surface area contributed by atoms with Crippen molar-refractivity contribution in [1.29, 1.82) is 0 Å². The Hall–Kier alpha value is -2.86. The lowest BCUT2D eigenvalue weighted by molar-refractivity contribution is -0.123. The first-order chi connectivity index (χ1) is 12.1. The van der Waals surface area contributed by atoms with Gasteiger partial charge in [-0.25, -0.2) is 0 Å². The fourth-order valence-electron chi connectivity index (χ4n) is 2.63. The molecular formula is C22H23NO2. The summed E-state index contributed by atoms with van der Waals surface area (Å²) in [5, 5.41) is 0. The predicted octanol–water partition coefficient (Wildman–Crippen LogP) is 4.33. The molecule has 0 saturated heterocycles. The monoisotopic (exact) mass is 333 g/mol. The highest BCUT2D eigenvalue weighted by Gasteiger charge is 2.21. The molecule has 0 N–H and O–H groups in total. The Morgan fingerprint density at radius 1 is 0.920 bits per heavy atom. The maximum atomic E-state index is 12.7. The largest absolute Gasteiger partial charge is 0.307 e. The van der Waals surface area contributed by atoms with E-state index in [0.29, 0.717) is 6.54 Å². The average molecular weight is 333 g/mol. The molecule has 0 unspecified atom stereocenters. The minimum absolute atomic E-state index is 0.0267. The van der Waals surface area contributed by atoms with E-state index in [1.54, 1.807) is 4.90 Å². The van der Waals surface area contributed by atoms with Crippen LogP contribution in [-0.2, 0) is 16.1 Å². The van der Waals surface area contributed by atoms with Crippen LogP contribution >= 0.6 is 0 Å². The van der Waals surface area contributed by atoms with Crippen molar-refractivity contribution in [2.24, 2.45) is 0 Å². The van der Waals surface area contributed by atoms with Crippen LogP contribution in [0.15, 0.2) is 48.5 Å². The molecule has 3 heteroatoms. The molecule has 0 radical (unpaired) electrons. The Kier molecular flexibility index (Phi) is 6.54. The van der Waals surface area contributed by atoms with Gasteiger partial charge in [0.2, 0.25) is 5.91 Å². The van der Waals surface area contributed by atoms with Gasteiger partial charge in [-0.2, -0.15) is 0 Å². The van der Waals surface area contributed by atoms with Crippen molar-refractivity contribution in [2.75, 3.05) is 4.90 Å². The number of Topliss-reactive ketones (excluding diaryl/α,β-unsaturated/α-hetero) is 1. The number of para-hydroxylation sites is 1. The van der Waals surface area contributed by atoms with Gasteiger partial charge in [0.15, 0.2) is 0 Å². The molecule has 0 aliphatic carbocycles. The van der Waals surface area contributed by atoms with Crippen LogP contribution < -0.4 is 4.90 Å². The van der Waals surface area contributed by atoms with E-state index >= 15 is 0 Å². The summed E-state index contributed by atoms with van der Waals surface area (Å²) in [5.74, 6) is 6.33. The third kappa shape index (κ3) is 4.58. The summed E-state index contributed by atoms with van der Waals surface area (Å²) < 4.78 is 0. The molecule has 0 bridgehead atoms. The number of carbonyl (C=O) groups is 2. The topological polar surface area (TPSA) is 37.4 Å². The van der Waals surface area contributed by atoms with Gasteiger partial charge in [0, 0.05) is 24.0 Å². The van der Waals surface area contributed by atoms with Gasteiger partial charge in [-0.05, 0) is 30.7 Å². The number of benzene rings is 2. The van der Waals surface area contributed by atoms with Gasteiger partial charge in [-0.15, -0.1) is 0 Å². The molecule has 3 nitrogen and oxygen atoms in total. The molecule has 0 atom stereocenters. The summed E-state index contributed by atoms with van der Waals surface area (Å²) in [6.45, 7) is 5.98. The Balaban J connectivity index is 0.00000109. The van der Waals surface area contributed by atoms with Crippen molar-refractivity contribution in [1.82, 2.24) is 0 Å². The summed E-state index contributed by atoms with van der Waals surface area (Å²) >= 11 is 0. The van der Waals surface area contributed by atoms with Gasteiger partial charge in [-0.1, -0.05) is 56.0 Å². The van der Waals surface area contributed by atoms with Crippen LogP contribution in [0, 0.1) is 11.8 Å². The molecule has 3 rings (SSSR count). The molecule has 128 valence electrons. The molecule has 2 aromatic carbocycles.